The highest BCUT2D eigenvalue weighted by Crippen LogP contribution is 2.24. The lowest BCUT2D eigenvalue weighted by atomic mass is 10.2. The van der Waals surface area contributed by atoms with Crippen LogP contribution < -0.4 is 14.8 Å². The highest BCUT2D eigenvalue weighted by atomic mass is 35.5. The molecule has 1 N–H and O–H groups in total. The molecule has 0 saturated carbocycles. The molecule has 0 aliphatic carbocycles. The van der Waals surface area contributed by atoms with Crippen molar-refractivity contribution in [3.8, 4) is 11.5 Å². The number of anilines is 1. The van der Waals surface area contributed by atoms with Crippen LogP contribution in [0.2, 0.25) is 5.02 Å². The third kappa shape index (κ3) is 3.55. The second-order valence-corrected chi connectivity index (χ2v) is 4.47. The molecule has 0 spiro atoms. The fraction of sp³-hybridized carbons (Fsp3) is 0.200. The fourth-order valence-corrected chi connectivity index (χ4v) is 1.99. The predicted octanol–water partition coefficient (Wildman–Crippen LogP) is 3.97. The SMILES string of the molecule is COc1ccc(NCc2cc(Cl)ccc2OC)cc1. The van der Waals surface area contributed by atoms with Crippen molar-refractivity contribution in [2.45, 2.75) is 6.54 Å². The van der Waals surface area contributed by atoms with Gasteiger partial charge in [0.1, 0.15) is 11.5 Å². The molecule has 0 amide bonds. The van der Waals surface area contributed by atoms with E-state index in [0.717, 1.165) is 22.7 Å². The average Bonchev–Trinajstić information content (AvgIpc) is 2.46. The molecule has 0 aromatic heterocycles. The molecule has 0 aliphatic heterocycles. The van der Waals surface area contributed by atoms with E-state index in [9.17, 15) is 0 Å². The van der Waals surface area contributed by atoms with E-state index in [4.69, 9.17) is 21.1 Å². The Bertz CT molecular complexity index is 540. The molecule has 2 aromatic carbocycles. The first kappa shape index (κ1) is 13.6. The summed E-state index contributed by atoms with van der Waals surface area (Å²) in [5.41, 5.74) is 2.04. The van der Waals surface area contributed by atoms with E-state index in [0.29, 0.717) is 11.6 Å². The van der Waals surface area contributed by atoms with Gasteiger partial charge in [0.2, 0.25) is 0 Å². The highest BCUT2D eigenvalue weighted by molar-refractivity contribution is 6.30. The van der Waals surface area contributed by atoms with Crippen molar-refractivity contribution in [3.05, 3.63) is 53.1 Å². The molecule has 19 heavy (non-hydrogen) atoms. The number of halogens is 1. The van der Waals surface area contributed by atoms with Gasteiger partial charge in [0.05, 0.1) is 14.2 Å². The second-order valence-electron chi connectivity index (χ2n) is 4.04. The minimum atomic E-state index is 0.649. The molecule has 0 radical (unpaired) electrons. The van der Waals surface area contributed by atoms with Crippen LogP contribution in [0.25, 0.3) is 0 Å². The summed E-state index contributed by atoms with van der Waals surface area (Å²) in [7, 11) is 3.30. The van der Waals surface area contributed by atoms with Gasteiger partial charge in [0.15, 0.2) is 0 Å². The summed E-state index contributed by atoms with van der Waals surface area (Å²) in [4.78, 5) is 0. The smallest absolute Gasteiger partial charge is 0.123 e. The third-order valence-corrected chi connectivity index (χ3v) is 3.05. The third-order valence-electron chi connectivity index (χ3n) is 2.82. The maximum Gasteiger partial charge on any atom is 0.123 e. The fourth-order valence-electron chi connectivity index (χ4n) is 1.79. The Kier molecular flexibility index (Phi) is 4.53. The molecule has 2 rings (SSSR count). The standard InChI is InChI=1S/C15H16ClNO2/c1-18-14-6-4-13(5-7-14)17-10-11-9-12(16)3-8-15(11)19-2/h3-9,17H,10H2,1-2H3. The van der Waals surface area contributed by atoms with E-state index in [2.05, 4.69) is 5.32 Å². The molecule has 3 nitrogen and oxygen atoms in total. The predicted molar refractivity (Wildman–Crippen MR) is 78.3 cm³/mol. The van der Waals surface area contributed by atoms with Crippen LogP contribution in [0.3, 0.4) is 0 Å². The minimum Gasteiger partial charge on any atom is -0.497 e. The Morgan fingerprint density at radius 3 is 2.37 bits per heavy atom. The van der Waals surface area contributed by atoms with Crippen LogP contribution in [-0.4, -0.2) is 14.2 Å². The number of hydrogen-bond acceptors (Lipinski definition) is 3. The molecule has 100 valence electrons. The molecule has 0 heterocycles. The Balaban J connectivity index is 2.07. The van der Waals surface area contributed by atoms with Gasteiger partial charge >= 0.3 is 0 Å². The molecule has 0 bridgehead atoms. The summed E-state index contributed by atoms with van der Waals surface area (Å²) in [6.07, 6.45) is 0. The Morgan fingerprint density at radius 2 is 1.74 bits per heavy atom. The van der Waals surface area contributed by atoms with Crippen molar-refractivity contribution in [1.29, 1.82) is 0 Å². The van der Waals surface area contributed by atoms with E-state index in [1.54, 1.807) is 14.2 Å². The summed E-state index contributed by atoms with van der Waals surface area (Å²) in [6.45, 7) is 0.649. The zero-order valence-electron chi connectivity index (χ0n) is 10.9. The Hall–Kier alpha value is -1.87. The van der Waals surface area contributed by atoms with Crippen LogP contribution in [0.1, 0.15) is 5.56 Å². The second kappa shape index (κ2) is 6.34. The van der Waals surface area contributed by atoms with Crippen LogP contribution in [0, 0.1) is 0 Å². The molecule has 0 unspecified atom stereocenters. The average molecular weight is 278 g/mol. The zero-order chi connectivity index (χ0) is 13.7. The van der Waals surface area contributed by atoms with E-state index in [1.807, 2.05) is 42.5 Å². The van der Waals surface area contributed by atoms with Gasteiger partial charge < -0.3 is 14.8 Å². The lowest BCUT2D eigenvalue weighted by molar-refractivity contribution is 0.410. The van der Waals surface area contributed by atoms with Gasteiger partial charge in [-0.1, -0.05) is 11.6 Å². The number of hydrogen-bond donors (Lipinski definition) is 1. The molecule has 2 aromatic rings. The quantitative estimate of drug-likeness (QED) is 0.897. The zero-order valence-corrected chi connectivity index (χ0v) is 11.7. The van der Waals surface area contributed by atoms with E-state index >= 15 is 0 Å². The maximum absolute atomic E-state index is 6.00. The van der Waals surface area contributed by atoms with Crippen molar-refractivity contribution < 1.29 is 9.47 Å². The van der Waals surface area contributed by atoms with Gasteiger partial charge in [-0.2, -0.15) is 0 Å². The molecule has 0 saturated heterocycles. The molecular formula is C15H16ClNO2. The molecule has 0 atom stereocenters. The maximum atomic E-state index is 6.00. The van der Waals surface area contributed by atoms with Crippen molar-refractivity contribution in [1.82, 2.24) is 0 Å². The van der Waals surface area contributed by atoms with Crippen molar-refractivity contribution in [3.63, 3.8) is 0 Å². The largest absolute Gasteiger partial charge is 0.497 e. The van der Waals surface area contributed by atoms with Gasteiger partial charge in [0.25, 0.3) is 0 Å². The number of methoxy groups -OCH3 is 2. The van der Waals surface area contributed by atoms with E-state index in [-0.39, 0.29) is 0 Å². The molecule has 0 fully saturated rings. The van der Waals surface area contributed by atoms with Crippen molar-refractivity contribution in [2.24, 2.45) is 0 Å². The molecule has 4 heteroatoms. The summed E-state index contributed by atoms with van der Waals surface area (Å²) in [5.74, 6) is 1.66. The normalized spacial score (nSPS) is 10.1. The van der Waals surface area contributed by atoms with Gasteiger partial charge in [-0.25, -0.2) is 0 Å². The first-order chi connectivity index (χ1) is 9.22. The van der Waals surface area contributed by atoms with E-state index in [1.165, 1.54) is 0 Å². The Labute approximate surface area is 118 Å². The topological polar surface area (TPSA) is 30.5 Å². The number of nitrogens with one attached hydrogen (secondary N) is 1. The van der Waals surface area contributed by atoms with Crippen LogP contribution in [-0.2, 0) is 6.54 Å². The van der Waals surface area contributed by atoms with E-state index < -0.39 is 0 Å². The molecular weight excluding hydrogens is 262 g/mol. The number of benzene rings is 2. The van der Waals surface area contributed by atoms with Crippen LogP contribution in [0.4, 0.5) is 5.69 Å². The first-order valence-electron chi connectivity index (χ1n) is 5.93. The molecule has 0 aliphatic rings. The summed E-state index contributed by atoms with van der Waals surface area (Å²) in [6, 6.07) is 13.3. The van der Waals surface area contributed by atoms with Crippen LogP contribution in [0.5, 0.6) is 11.5 Å². The van der Waals surface area contributed by atoms with Gasteiger partial charge in [0, 0.05) is 22.8 Å². The van der Waals surface area contributed by atoms with Gasteiger partial charge in [-0.05, 0) is 42.5 Å². The summed E-state index contributed by atoms with van der Waals surface area (Å²) < 4.78 is 10.4. The summed E-state index contributed by atoms with van der Waals surface area (Å²) in [5, 5.41) is 4.02. The monoisotopic (exact) mass is 277 g/mol. The van der Waals surface area contributed by atoms with Crippen LogP contribution in [0.15, 0.2) is 42.5 Å². The highest BCUT2D eigenvalue weighted by Gasteiger charge is 2.03. The van der Waals surface area contributed by atoms with Gasteiger partial charge in [-0.3, -0.25) is 0 Å². The Morgan fingerprint density at radius 1 is 1.00 bits per heavy atom. The first-order valence-corrected chi connectivity index (χ1v) is 6.31. The number of ether oxygens (including phenoxy) is 2. The van der Waals surface area contributed by atoms with Crippen molar-refractivity contribution >= 4 is 17.3 Å². The number of rotatable bonds is 5. The lowest BCUT2D eigenvalue weighted by Gasteiger charge is -2.11. The van der Waals surface area contributed by atoms with Crippen molar-refractivity contribution in [2.75, 3.05) is 19.5 Å². The summed E-state index contributed by atoms with van der Waals surface area (Å²) >= 11 is 6.00. The minimum absolute atomic E-state index is 0.649. The lowest BCUT2D eigenvalue weighted by Crippen LogP contribution is -2.01. The van der Waals surface area contributed by atoms with Gasteiger partial charge in [-0.15, -0.1) is 0 Å². The van der Waals surface area contributed by atoms with Crippen LogP contribution >= 0.6 is 11.6 Å².